The van der Waals surface area contributed by atoms with Gasteiger partial charge in [0.25, 0.3) is 0 Å². The van der Waals surface area contributed by atoms with Crippen molar-refractivity contribution in [3.05, 3.63) is 84.3 Å². The average Bonchev–Trinajstić information content (AvgIpc) is 3.21. The van der Waals surface area contributed by atoms with Gasteiger partial charge in [0.15, 0.2) is 11.5 Å². The molecule has 0 aliphatic heterocycles. The Labute approximate surface area is 151 Å². The van der Waals surface area contributed by atoms with E-state index >= 15 is 0 Å². The largest absolute Gasteiger partial charge is 0.489 e. The zero-order chi connectivity index (χ0) is 18.2. The number of carbonyl (C=O) groups is 2. The van der Waals surface area contributed by atoms with Gasteiger partial charge >= 0.3 is 0 Å². The normalized spacial score (nSPS) is 10.3. The Bertz CT molecular complexity index is 839. The monoisotopic (exact) mass is 349 g/mol. The zero-order valence-corrected chi connectivity index (χ0v) is 14.2. The third-order valence-corrected chi connectivity index (χ3v) is 3.76. The van der Waals surface area contributed by atoms with Crippen LogP contribution in [-0.2, 0) is 11.4 Å². The SMILES string of the molecule is O=C(CCC(=O)c1ccco1)Nc1ccc(OCc2ccccc2)cc1. The zero-order valence-electron chi connectivity index (χ0n) is 14.2. The van der Waals surface area contributed by atoms with Gasteiger partial charge in [-0.1, -0.05) is 30.3 Å². The van der Waals surface area contributed by atoms with Gasteiger partial charge in [-0.25, -0.2) is 0 Å². The lowest BCUT2D eigenvalue weighted by Crippen LogP contribution is -2.13. The number of ether oxygens (including phenoxy) is 1. The van der Waals surface area contributed by atoms with Crippen molar-refractivity contribution < 1.29 is 18.7 Å². The van der Waals surface area contributed by atoms with E-state index in [9.17, 15) is 9.59 Å². The Hall–Kier alpha value is -3.34. The van der Waals surface area contributed by atoms with Crippen LogP contribution in [0.2, 0.25) is 0 Å². The van der Waals surface area contributed by atoms with Crippen LogP contribution in [0, 0.1) is 0 Å². The molecule has 0 radical (unpaired) electrons. The lowest BCUT2D eigenvalue weighted by molar-refractivity contribution is -0.116. The summed E-state index contributed by atoms with van der Waals surface area (Å²) in [6.07, 6.45) is 1.65. The fraction of sp³-hybridized carbons (Fsp3) is 0.143. The molecule has 1 heterocycles. The first-order valence-corrected chi connectivity index (χ1v) is 8.34. The Morgan fingerprint density at radius 3 is 2.35 bits per heavy atom. The van der Waals surface area contributed by atoms with Crippen LogP contribution in [0.15, 0.2) is 77.4 Å². The minimum absolute atomic E-state index is 0.103. The van der Waals surface area contributed by atoms with E-state index in [-0.39, 0.29) is 30.3 Å². The minimum atomic E-state index is -0.220. The third kappa shape index (κ3) is 5.08. The standard InChI is InChI=1S/C21H19NO4/c23-19(20-7-4-14-25-20)12-13-21(24)22-17-8-10-18(11-9-17)26-15-16-5-2-1-3-6-16/h1-11,14H,12-13,15H2,(H,22,24). The van der Waals surface area contributed by atoms with Gasteiger partial charge in [0.2, 0.25) is 5.91 Å². The number of anilines is 1. The van der Waals surface area contributed by atoms with Crippen LogP contribution in [0.4, 0.5) is 5.69 Å². The summed E-state index contributed by atoms with van der Waals surface area (Å²) >= 11 is 0. The summed E-state index contributed by atoms with van der Waals surface area (Å²) < 4.78 is 10.7. The summed E-state index contributed by atoms with van der Waals surface area (Å²) in [4.78, 5) is 23.8. The number of ketones is 1. The number of Topliss-reactive ketones (excluding diaryl/α,β-unsaturated/α-hetero) is 1. The molecule has 0 saturated carbocycles. The van der Waals surface area contributed by atoms with Crippen molar-refractivity contribution in [1.82, 2.24) is 0 Å². The van der Waals surface area contributed by atoms with Crippen LogP contribution in [-0.4, -0.2) is 11.7 Å². The maximum atomic E-state index is 12.0. The number of benzene rings is 2. The second-order valence-corrected chi connectivity index (χ2v) is 5.75. The Kier molecular flexibility index (Phi) is 5.83. The van der Waals surface area contributed by atoms with Crippen molar-refractivity contribution in [2.75, 3.05) is 5.32 Å². The third-order valence-electron chi connectivity index (χ3n) is 3.76. The highest BCUT2D eigenvalue weighted by Gasteiger charge is 2.11. The van der Waals surface area contributed by atoms with E-state index in [1.807, 2.05) is 30.3 Å². The van der Waals surface area contributed by atoms with E-state index in [1.54, 1.807) is 36.4 Å². The molecule has 3 rings (SSSR count). The van der Waals surface area contributed by atoms with Crippen molar-refractivity contribution >= 4 is 17.4 Å². The molecule has 0 fully saturated rings. The molecule has 0 saturated heterocycles. The first-order chi connectivity index (χ1) is 12.7. The molecule has 0 bridgehead atoms. The second-order valence-electron chi connectivity index (χ2n) is 5.75. The van der Waals surface area contributed by atoms with Crippen LogP contribution in [0.3, 0.4) is 0 Å². The Balaban J connectivity index is 1.44. The number of nitrogens with one attached hydrogen (secondary N) is 1. The fourth-order valence-electron chi connectivity index (χ4n) is 2.39. The van der Waals surface area contributed by atoms with Crippen molar-refractivity contribution in [3.8, 4) is 5.75 Å². The van der Waals surface area contributed by atoms with Gasteiger partial charge in [-0.2, -0.15) is 0 Å². The van der Waals surface area contributed by atoms with Crippen LogP contribution in [0.5, 0.6) is 5.75 Å². The molecule has 0 atom stereocenters. The molecule has 26 heavy (non-hydrogen) atoms. The average molecular weight is 349 g/mol. The first-order valence-electron chi connectivity index (χ1n) is 8.34. The van der Waals surface area contributed by atoms with Crippen LogP contribution in [0.25, 0.3) is 0 Å². The lowest BCUT2D eigenvalue weighted by atomic mass is 10.1. The molecule has 1 N–H and O–H groups in total. The van der Waals surface area contributed by atoms with E-state index in [2.05, 4.69) is 5.32 Å². The van der Waals surface area contributed by atoms with Gasteiger partial charge in [-0.3, -0.25) is 9.59 Å². The van der Waals surface area contributed by atoms with Crippen LogP contribution in [0.1, 0.15) is 29.0 Å². The quantitative estimate of drug-likeness (QED) is 0.610. The number of hydrogen-bond donors (Lipinski definition) is 1. The van der Waals surface area contributed by atoms with Gasteiger partial charge in [0.1, 0.15) is 12.4 Å². The predicted octanol–water partition coefficient (Wildman–Crippen LogP) is 4.46. The lowest BCUT2D eigenvalue weighted by Gasteiger charge is -2.08. The molecule has 3 aromatic rings. The molecule has 0 spiro atoms. The van der Waals surface area contributed by atoms with E-state index in [0.717, 1.165) is 11.3 Å². The maximum Gasteiger partial charge on any atom is 0.224 e. The second kappa shape index (κ2) is 8.67. The summed E-state index contributed by atoms with van der Waals surface area (Å²) in [7, 11) is 0. The number of furan rings is 1. The highest BCUT2D eigenvalue weighted by atomic mass is 16.5. The van der Waals surface area contributed by atoms with Gasteiger partial charge in [-0.05, 0) is 42.0 Å². The van der Waals surface area contributed by atoms with E-state index in [4.69, 9.17) is 9.15 Å². The van der Waals surface area contributed by atoms with Crippen molar-refractivity contribution in [1.29, 1.82) is 0 Å². The van der Waals surface area contributed by atoms with E-state index in [0.29, 0.717) is 12.3 Å². The highest BCUT2D eigenvalue weighted by Crippen LogP contribution is 2.17. The summed E-state index contributed by atoms with van der Waals surface area (Å²) in [5.74, 6) is 0.593. The van der Waals surface area contributed by atoms with Crippen LogP contribution < -0.4 is 10.1 Å². The topological polar surface area (TPSA) is 68.5 Å². The fourth-order valence-corrected chi connectivity index (χ4v) is 2.39. The molecule has 2 aromatic carbocycles. The summed E-state index contributed by atoms with van der Waals surface area (Å²) in [5, 5.41) is 2.77. The minimum Gasteiger partial charge on any atom is -0.489 e. The first kappa shape index (κ1) is 17.5. The Morgan fingerprint density at radius 1 is 0.885 bits per heavy atom. The number of amides is 1. The van der Waals surface area contributed by atoms with Crippen molar-refractivity contribution in [2.24, 2.45) is 0 Å². The molecule has 0 aliphatic rings. The van der Waals surface area contributed by atoms with Gasteiger partial charge in [-0.15, -0.1) is 0 Å². The molecule has 5 nitrogen and oxygen atoms in total. The maximum absolute atomic E-state index is 12.0. The number of carbonyl (C=O) groups excluding carboxylic acids is 2. The van der Waals surface area contributed by atoms with Gasteiger partial charge in [0, 0.05) is 18.5 Å². The summed E-state index contributed by atoms with van der Waals surface area (Å²) in [6, 6.07) is 20.3. The molecule has 1 aromatic heterocycles. The molecule has 0 aliphatic carbocycles. The van der Waals surface area contributed by atoms with E-state index in [1.165, 1.54) is 6.26 Å². The molecule has 1 amide bonds. The van der Waals surface area contributed by atoms with Crippen LogP contribution >= 0.6 is 0 Å². The highest BCUT2D eigenvalue weighted by molar-refractivity contribution is 5.98. The molecule has 5 heteroatoms. The summed E-state index contributed by atoms with van der Waals surface area (Å²) in [5.41, 5.74) is 1.75. The molecular formula is C21H19NO4. The molecular weight excluding hydrogens is 330 g/mol. The number of hydrogen-bond acceptors (Lipinski definition) is 4. The van der Waals surface area contributed by atoms with Crippen molar-refractivity contribution in [3.63, 3.8) is 0 Å². The van der Waals surface area contributed by atoms with Crippen molar-refractivity contribution in [2.45, 2.75) is 19.4 Å². The predicted molar refractivity (Wildman–Crippen MR) is 98.1 cm³/mol. The van der Waals surface area contributed by atoms with Gasteiger partial charge in [0.05, 0.1) is 6.26 Å². The van der Waals surface area contributed by atoms with Gasteiger partial charge < -0.3 is 14.5 Å². The number of rotatable bonds is 8. The molecule has 0 unspecified atom stereocenters. The Morgan fingerprint density at radius 2 is 1.65 bits per heavy atom. The smallest absolute Gasteiger partial charge is 0.224 e. The molecule has 132 valence electrons. The summed E-state index contributed by atoms with van der Waals surface area (Å²) in [6.45, 7) is 0.488. The van der Waals surface area contributed by atoms with E-state index < -0.39 is 0 Å².